The quantitative estimate of drug-likeness (QED) is 0.799. The van der Waals surface area contributed by atoms with Crippen molar-refractivity contribution in [2.24, 2.45) is 11.8 Å². The Labute approximate surface area is 139 Å². The molecule has 1 fully saturated rings. The number of aromatic nitrogens is 3. The topological polar surface area (TPSA) is 108 Å². The molecule has 0 bridgehead atoms. The normalized spacial score (nSPS) is 20.5. The number of benzene rings is 1. The summed E-state index contributed by atoms with van der Waals surface area (Å²) in [7, 11) is 0. The van der Waals surface area contributed by atoms with Gasteiger partial charge in [0.2, 0.25) is 5.91 Å². The Morgan fingerprint density at radius 1 is 1.17 bits per heavy atom. The molecule has 126 valence electrons. The zero-order valence-electron chi connectivity index (χ0n) is 13.5. The first-order valence-electron chi connectivity index (χ1n) is 8.07. The molecule has 1 aromatic heterocycles. The highest BCUT2D eigenvalue weighted by Crippen LogP contribution is 2.31. The van der Waals surface area contributed by atoms with Gasteiger partial charge in [0.25, 0.3) is 0 Å². The van der Waals surface area contributed by atoms with E-state index in [-0.39, 0.29) is 5.91 Å². The smallest absolute Gasteiger partial charge is 0.307 e. The molecule has 2 aromatic rings. The number of hydrogen-bond acceptors (Lipinski definition) is 4. The lowest BCUT2D eigenvalue weighted by molar-refractivity contribution is -0.147. The molecule has 0 saturated heterocycles. The van der Waals surface area contributed by atoms with Crippen molar-refractivity contribution in [1.29, 1.82) is 0 Å². The molecule has 1 amide bonds. The molecule has 0 unspecified atom stereocenters. The number of H-pyrrole nitrogens is 1. The van der Waals surface area contributed by atoms with Gasteiger partial charge in [0.15, 0.2) is 5.82 Å². The highest BCUT2D eigenvalue weighted by Gasteiger charge is 2.35. The standard InChI is InChI=1S/C17H20N4O3/c1-10-18-15(21-20-10)11-6-8-12(9-7-11)19-16(22)13-4-2-3-5-14(13)17(23)24/h6-9,13-14H,2-5H2,1H3,(H,19,22)(H,23,24)(H,18,20,21)/t13-,14+/m1/s1. The van der Waals surface area contributed by atoms with E-state index in [0.717, 1.165) is 24.2 Å². The van der Waals surface area contributed by atoms with Crippen molar-refractivity contribution in [3.63, 3.8) is 0 Å². The third-order valence-corrected chi connectivity index (χ3v) is 4.43. The van der Waals surface area contributed by atoms with Gasteiger partial charge in [-0.25, -0.2) is 4.98 Å². The molecule has 3 N–H and O–H groups in total. The van der Waals surface area contributed by atoms with Crippen LogP contribution in [0.3, 0.4) is 0 Å². The summed E-state index contributed by atoms with van der Waals surface area (Å²) in [6, 6.07) is 7.20. The number of carboxylic acids is 1. The van der Waals surface area contributed by atoms with Crippen LogP contribution in [0.15, 0.2) is 24.3 Å². The Kier molecular flexibility index (Phi) is 4.59. The largest absolute Gasteiger partial charge is 0.481 e. The minimum Gasteiger partial charge on any atom is -0.481 e. The zero-order chi connectivity index (χ0) is 17.1. The van der Waals surface area contributed by atoms with E-state index in [4.69, 9.17) is 0 Å². The summed E-state index contributed by atoms with van der Waals surface area (Å²) in [5.41, 5.74) is 1.49. The average Bonchev–Trinajstić information content (AvgIpc) is 3.02. The van der Waals surface area contributed by atoms with Crippen LogP contribution in [0.5, 0.6) is 0 Å². The Bertz CT molecular complexity index is 739. The first-order valence-corrected chi connectivity index (χ1v) is 8.07. The van der Waals surface area contributed by atoms with Crippen LogP contribution < -0.4 is 5.32 Å². The van der Waals surface area contributed by atoms with Crippen LogP contribution in [0.1, 0.15) is 31.5 Å². The molecule has 0 spiro atoms. The van der Waals surface area contributed by atoms with Gasteiger partial charge in [-0.1, -0.05) is 12.8 Å². The summed E-state index contributed by atoms with van der Waals surface area (Å²) in [6.45, 7) is 1.83. The summed E-state index contributed by atoms with van der Waals surface area (Å²) < 4.78 is 0. The third kappa shape index (κ3) is 3.45. The summed E-state index contributed by atoms with van der Waals surface area (Å²) in [4.78, 5) is 28.0. The number of carbonyl (C=O) groups excluding carboxylic acids is 1. The van der Waals surface area contributed by atoms with Crippen molar-refractivity contribution in [3.8, 4) is 11.4 Å². The van der Waals surface area contributed by atoms with E-state index in [1.807, 2.05) is 19.1 Å². The second-order valence-electron chi connectivity index (χ2n) is 6.15. The van der Waals surface area contributed by atoms with Gasteiger partial charge in [-0.15, -0.1) is 0 Å². The molecule has 0 aliphatic heterocycles. The molecular weight excluding hydrogens is 308 g/mol. The van der Waals surface area contributed by atoms with Gasteiger partial charge in [0.05, 0.1) is 11.8 Å². The number of nitrogens with one attached hydrogen (secondary N) is 2. The maximum atomic E-state index is 12.4. The van der Waals surface area contributed by atoms with Gasteiger partial charge in [0, 0.05) is 11.3 Å². The lowest BCUT2D eigenvalue weighted by atomic mass is 9.78. The number of aryl methyl sites for hydroxylation is 1. The van der Waals surface area contributed by atoms with E-state index < -0.39 is 17.8 Å². The Balaban J connectivity index is 1.69. The summed E-state index contributed by atoms with van der Waals surface area (Å²) in [5.74, 6) is -0.822. The number of nitrogens with zero attached hydrogens (tertiary/aromatic N) is 2. The van der Waals surface area contributed by atoms with Crippen molar-refractivity contribution in [3.05, 3.63) is 30.1 Å². The highest BCUT2D eigenvalue weighted by molar-refractivity contribution is 5.95. The van der Waals surface area contributed by atoms with E-state index in [9.17, 15) is 14.7 Å². The highest BCUT2D eigenvalue weighted by atomic mass is 16.4. The number of carboxylic acid groups (broad SMARTS) is 1. The van der Waals surface area contributed by atoms with Crippen molar-refractivity contribution < 1.29 is 14.7 Å². The SMILES string of the molecule is Cc1nc(-c2ccc(NC(=O)[C@@H]3CCCC[C@@H]3C(=O)O)cc2)n[nH]1. The predicted octanol–water partition coefficient (Wildman–Crippen LogP) is 2.61. The fourth-order valence-corrected chi connectivity index (χ4v) is 3.15. The molecule has 1 saturated carbocycles. The average molecular weight is 328 g/mol. The maximum absolute atomic E-state index is 12.4. The second kappa shape index (κ2) is 6.82. The number of rotatable bonds is 4. The minimum atomic E-state index is -0.884. The number of amides is 1. The van der Waals surface area contributed by atoms with Crippen LogP contribution in [0.4, 0.5) is 5.69 Å². The molecule has 0 radical (unpaired) electrons. The van der Waals surface area contributed by atoms with Crippen LogP contribution in [-0.2, 0) is 9.59 Å². The molecule has 1 aliphatic rings. The van der Waals surface area contributed by atoms with Crippen molar-refractivity contribution >= 4 is 17.6 Å². The number of hydrogen-bond donors (Lipinski definition) is 3. The van der Waals surface area contributed by atoms with E-state index >= 15 is 0 Å². The predicted molar refractivity (Wildman–Crippen MR) is 88.3 cm³/mol. The van der Waals surface area contributed by atoms with E-state index in [1.54, 1.807) is 12.1 Å². The first kappa shape index (κ1) is 16.2. The van der Waals surface area contributed by atoms with Crippen molar-refractivity contribution in [2.75, 3.05) is 5.32 Å². The molecule has 24 heavy (non-hydrogen) atoms. The van der Waals surface area contributed by atoms with Gasteiger partial charge in [0.1, 0.15) is 5.82 Å². The van der Waals surface area contributed by atoms with Crippen LogP contribution in [0.2, 0.25) is 0 Å². The second-order valence-corrected chi connectivity index (χ2v) is 6.15. The first-order chi connectivity index (χ1) is 11.5. The van der Waals surface area contributed by atoms with Gasteiger partial charge < -0.3 is 10.4 Å². The Hall–Kier alpha value is -2.70. The molecular formula is C17H20N4O3. The van der Waals surface area contributed by atoms with E-state index in [2.05, 4.69) is 20.5 Å². The van der Waals surface area contributed by atoms with Crippen LogP contribution in [-0.4, -0.2) is 32.2 Å². The Morgan fingerprint density at radius 2 is 1.83 bits per heavy atom. The summed E-state index contributed by atoms with van der Waals surface area (Å²) in [5, 5.41) is 19.0. The number of aliphatic carboxylic acids is 1. The van der Waals surface area contributed by atoms with Crippen LogP contribution in [0.25, 0.3) is 11.4 Å². The molecule has 2 atom stereocenters. The van der Waals surface area contributed by atoms with Gasteiger partial charge >= 0.3 is 5.97 Å². The molecule has 1 aliphatic carbocycles. The molecule has 7 heteroatoms. The lowest BCUT2D eigenvalue weighted by Crippen LogP contribution is -2.36. The lowest BCUT2D eigenvalue weighted by Gasteiger charge is -2.27. The zero-order valence-corrected chi connectivity index (χ0v) is 13.5. The minimum absolute atomic E-state index is 0.219. The van der Waals surface area contributed by atoms with E-state index in [1.165, 1.54) is 0 Å². The maximum Gasteiger partial charge on any atom is 0.307 e. The molecule has 1 aromatic carbocycles. The fourth-order valence-electron chi connectivity index (χ4n) is 3.15. The molecule has 7 nitrogen and oxygen atoms in total. The van der Waals surface area contributed by atoms with Crippen molar-refractivity contribution in [2.45, 2.75) is 32.6 Å². The Morgan fingerprint density at radius 3 is 2.42 bits per heavy atom. The van der Waals surface area contributed by atoms with Gasteiger partial charge in [-0.2, -0.15) is 5.10 Å². The summed E-state index contributed by atoms with van der Waals surface area (Å²) >= 11 is 0. The third-order valence-electron chi connectivity index (χ3n) is 4.43. The molecule has 3 rings (SSSR count). The van der Waals surface area contributed by atoms with Crippen molar-refractivity contribution in [1.82, 2.24) is 15.2 Å². The fraction of sp³-hybridized carbons (Fsp3) is 0.412. The van der Waals surface area contributed by atoms with Crippen LogP contribution >= 0.6 is 0 Å². The van der Waals surface area contributed by atoms with Gasteiger partial charge in [-0.05, 0) is 44.0 Å². The van der Waals surface area contributed by atoms with Gasteiger partial charge in [-0.3, -0.25) is 14.7 Å². The number of aromatic amines is 1. The molecule has 1 heterocycles. The monoisotopic (exact) mass is 328 g/mol. The number of anilines is 1. The number of carbonyl (C=O) groups is 2. The van der Waals surface area contributed by atoms with E-state index in [0.29, 0.717) is 24.4 Å². The van der Waals surface area contributed by atoms with Crippen LogP contribution in [0, 0.1) is 18.8 Å². The summed E-state index contributed by atoms with van der Waals surface area (Å²) in [6.07, 6.45) is 2.95.